The van der Waals surface area contributed by atoms with Gasteiger partial charge in [-0.3, -0.25) is 4.79 Å². The number of oxazole rings is 1. The first-order valence-corrected chi connectivity index (χ1v) is 7.15. The fraction of sp³-hybridized carbons (Fsp3) is 0.375. The molecule has 1 atom stereocenters. The highest BCUT2D eigenvalue weighted by Crippen LogP contribution is 2.24. The van der Waals surface area contributed by atoms with E-state index in [1.165, 1.54) is 6.39 Å². The molecule has 1 aromatic heterocycles. The normalized spacial score (nSPS) is 19.3. The van der Waals surface area contributed by atoms with Crippen LogP contribution in [0.4, 0.5) is 0 Å². The Morgan fingerprint density at radius 1 is 1.29 bits per heavy atom. The molecular formula is C16H18N2O3. The van der Waals surface area contributed by atoms with Crippen molar-refractivity contribution in [2.75, 3.05) is 19.8 Å². The van der Waals surface area contributed by atoms with E-state index in [0.29, 0.717) is 31.2 Å². The molecule has 0 aliphatic carbocycles. The predicted molar refractivity (Wildman–Crippen MR) is 77.9 cm³/mol. The lowest BCUT2D eigenvalue weighted by Crippen LogP contribution is -2.39. The second-order valence-corrected chi connectivity index (χ2v) is 5.14. The third-order valence-corrected chi connectivity index (χ3v) is 3.76. The van der Waals surface area contributed by atoms with Crippen LogP contribution in [0.2, 0.25) is 0 Å². The van der Waals surface area contributed by atoms with E-state index < -0.39 is 0 Å². The number of nitrogens with zero attached hydrogens (tertiary/aromatic N) is 2. The van der Waals surface area contributed by atoms with Crippen molar-refractivity contribution in [1.82, 2.24) is 9.88 Å². The Morgan fingerprint density at radius 2 is 2.10 bits per heavy atom. The van der Waals surface area contributed by atoms with Gasteiger partial charge in [0, 0.05) is 24.8 Å². The van der Waals surface area contributed by atoms with E-state index in [0.717, 1.165) is 12.0 Å². The lowest BCUT2D eigenvalue weighted by atomic mass is 10.1. The first-order valence-electron chi connectivity index (χ1n) is 7.15. The van der Waals surface area contributed by atoms with E-state index >= 15 is 0 Å². The summed E-state index contributed by atoms with van der Waals surface area (Å²) in [5.74, 6) is 0.180. The first kappa shape index (κ1) is 13.8. The van der Waals surface area contributed by atoms with Gasteiger partial charge < -0.3 is 14.1 Å². The van der Waals surface area contributed by atoms with Crippen LogP contribution in [0.5, 0.6) is 0 Å². The smallest absolute Gasteiger partial charge is 0.292 e. The molecule has 0 bridgehead atoms. The molecule has 1 amide bonds. The Hall–Kier alpha value is -2.14. The lowest BCUT2D eigenvalue weighted by Gasteiger charge is -2.25. The molecule has 5 nitrogen and oxygen atoms in total. The van der Waals surface area contributed by atoms with Crippen LogP contribution >= 0.6 is 0 Å². The number of rotatable bonds is 2. The summed E-state index contributed by atoms with van der Waals surface area (Å²) in [6.45, 7) is 3.86. The molecule has 1 saturated heterocycles. The van der Waals surface area contributed by atoms with E-state index in [1.807, 2.05) is 37.3 Å². The van der Waals surface area contributed by atoms with Gasteiger partial charge in [0.25, 0.3) is 5.91 Å². The van der Waals surface area contributed by atoms with Crippen molar-refractivity contribution in [1.29, 1.82) is 0 Å². The number of carbonyl (C=O) groups excluding carboxylic acids is 1. The molecule has 0 radical (unpaired) electrons. The minimum absolute atomic E-state index is 0.121. The molecule has 2 heterocycles. The van der Waals surface area contributed by atoms with Gasteiger partial charge in [-0.25, -0.2) is 4.98 Å². The summed E-state index contributed by atoms with van der Waals surface area (Å²) in [6, 6.07) is 9.74. The molecule has 1 aliphatic rings. The molecule has 110 valence electrons. The van der Waals surface area contributed by atoms with Crippen LogP contribution in [-0.4, -0.2) is 41.6 Å². The Kier molecular flexibility index (Phi) is 4.01. The van der Waals surface area contributed by atoms with E-state index in [2.05, 4.69) is 4.98 Å². The Morgan fingerprint density at radius 3 is 2.90 bits per heavy atom. The van der Waals surface area contributed by atoms with Crippen LogP contribution in [-0.2, 0) is 4.74 Å². The summed E-state index contributed by atoms with van der Waals surface area (Å²) in [7, 11) is 0. The van der Waals surface area contributed by atoms with E-state index in [9.17, 15) is 4.79 Å². The van der Waals surface area contributed by atoms with Gasteiger partial charge in [0.15, 0.2) is 6.39 Å². The summed E-state index contributed by atoms with van der Waals surface area (Å²) >= 11 is 0. The van der Waals surface area contributed by atoms with Crippen LogP contribution in [0.1, 0.15) is 23.9 Å². The molecule has 1 aliphatic heterocycles. The fourth-order valence-electron chi connectivity index (χ4n) is 2.53. The Bertz CT molecular complexity index is 609. The second-order valence-electron chi connectivity index (χ2n) is 5.14. The van der Waals surface area contributed by atoms with Gasteiger partial charge in [-0.15, -0.1) is 0 Å². The molecule has 5 heteroatoms. The first-order chi connectivity index (χ1) is 10.3. The molecule has 1 aromatic carbocycles. The van der Waals surface area contributed by atoms with Crippen LogP contribution in [0, 0.1) is 0 Å². The second kappa shape index (κ2) is 6.10. The molecule has 1 fully saturated rings. The molecule has 0 spiro atoms. The van der Waals surface area contributed by atoms with E-state index in [4.69, 9.17) is 9.15 Å². The monoisotopic (exact) mass is 286 g/mol. The van der Waals surface area contributed by atoms with Crippen LogP contribution in [0.25, 0.3) is 11.3 Å². The maximum Gasteiger partial charge on any atom is 0.292 e. The summed E-state index contributed by atoms with van der Waals surface area (Å²) in [5.41, 5.74) is 1.48. The molecule has 2 aromatic rings. The highest BCUT2D eigenvalue weighted by molar-refractivity contribution is 5.97. The Balaban J connectivity index is 1.90. The van der Waals surface area contributed by atoms with Crippen molar-refractivity contribution in [3.63, 3.8) is 0 Å². The van der Waals surface area contributed by atoms with Gasteiger partial charge in [-0.05, 0) is 13.3 Å². The minimum atomic E-state index is -0.121. The number of aromatic nitrogens is 1. The number of hydrogen-bond acceptors (Lipinski definition) is 4. The third kappa shape index (κ3) is 2.83. The van der Waals surface area contributed by atoms with Crippen LogP contribution in [0.15, 0.2) is 41.1 Å². The van der Waals surface area contributed by atoms with Gasteiger partial charge in [0.05, 0.1) is 6.61 Å². The van der Waals surface area contributed by atoms with Gasteiger partial charge in [0.1, 0.15) is 5.69 Å². The molecular weight excluding hydrogens is 268 g/mol. The largest absolute Gasteiger partial charge is 0.438 e. The van der Waals surface area contributed by atoms with Crippen molar-refractivity contribution in [2.45, 2.75) is 19.4 Å². The average molecular weight is 286 g/mol. The molecule has 3 rings (SSSR count). The number of ether oxygens (including phenoxy) is 1. The zero-order valence-corrected chi connectivity index (χ0v) is 12.0. The lowest BCUT2D eigenvalue weighted by molar-refractivity contribution is 0.0656. The summed E-state index contributed by atoms with van der Waals surface area (Å²) in [5, 5.41) is 0. The minimum Gasteiger partial charge on any atom is -0.438 e. The summed E-state index contributed by atoms with van der Waals surface area (Å²) in [6.07, 6.45) is 2.16. The zero-order valence-electron chi connectivity index (χ0n) is 12.0. The van der Waals surface area contributed by atoms with Crippen LogP contribution in [0.3, 0.4) is 0 Å². The van der Waals surface area contributed by atoms with E-state index in [-0.39, 0.29) is 11.9 Å². The number of hydrogen-bond donors (Lipinski definition) is 0. The highest BCUT2D eigenvalue weighted by atomic mass is 16.5. The van der Waals surface area contributed by atoms with Crippen molar-refractivity contribution >= 4 is 5.91 Å². The zero-order chi connectivity index (χ0) is 14.7. The molecule has 0 saturated carbocycles. The standard InChI is InChI=1S/C16H18N2O3/c1-12-7-9-20-10-8-18(12)16(19)15-14(17-11-21-15)13-5-3-2-4-6-13/h2-6,11-12H,7-10H2,1H3/t12-/m0/s1. The Labute approximate surface area is 123 Å². The SMILES string of the molecule is C[C@H]1CCOCCN1C(=O)c1ocnc1-c1ccccc1. The number of benzene rings is 1. The fourth-order valence-corrected chi connectivity index (χ4v) is 2.53. The molecule has 0 N–H and O–H groups in total. The quantitative estimate of drug-likeness (QED) is 0.851. The number of amides is 1. The topological polar surface area (TPSA) is 55.6 Å². The summed E-state index contributed by atoms with van der Waals surface area (Å²) in [4.78, 5) is 18.8. The van der Waals surface area contributed by atoms with Crippen molar-refractivity contribution in [3.8, 4) is 11.3 Å². The van der Waals surface area contributed by atoms with Crippen molar-refractivity contribution in [2.24, 2.45) is 0 Å². The van der Waals surface area contributed by atoms with Gasteiger partial charge in [0.2, 0.25) is 5.76 Å². The maximum atomic E-state index is 12.8. The average Bonchev–Trinajstić information content (AvgIpc) is 2.91. The van der Waals surface area contributed by atoms with Crippen molar-refractivity contribution < 1.29 is 13.9 Å². The highest BCUT2D eigenvalue weighted by Gasteiger charge is 2.28. The third-order valence-electron chi connectivity index (χ3n) is 3.76. The van der Waals surface area contributed by atoms with Gasteiger partial charge in [-0.1, -0.05) is 30.3 Å². The van der Waals surface area contributed by atoms with E-state index in [1.54, 1.807) is 4.90 Å². The summed E-state index contributed by atoms with van der Waals surface area (Å²) < 4.78 is 10.8. The van der Waals surface area contributed by atoms with Crippen LogP contribution < -0.4 is 0 Å². The predicted octanol–water partition coefficient (Wildman–Crippen LogP) is 2.59. The van der Waals surface area contributed by atoms with Crippen molar-refractivity contribution in [3.05, 3.63) is 42.5 Å². The number of carbonyl (C=O) groups is 1. The van der Waals surface area contributed by atoms with Gasteiger partial charge in [-0.2, -0.15) is 0 Å². The van der Waals surface area contributed by atoms with Gasteiger partial charge >= 0.3 is 0 Å². The molecule has 21 heavy (non-hydrogen) atoms. The maximum absolute atomic E-state index is 12.8. The molecule has 0 unspecified atom stereocenters.